The average molecular weight is 316 g/mol. The molecule has 1 fully saturated rings. The lowest BCUT2D eigenvalue weighted by Gasteiger charge is -2.36. The molecule has 3 heterocycles. The molecule has 22 heavy (non-hydrogen) atoms. The molecule has 0 bridgehead atoms. The fourth-order valence-corrected chi connectivity index (χ4v) is 3.68. The molecule has 0 aliphatic carbocycles. The van der Waals surface area contributed by atoms with Gasteiger partial charge in [-0.05, 0) is 17.7 Å². The van der Waals surface area contributed by atoms with Gasteiger partial charge in [-0.1, -0.05) is 20.8 Å². The minimum Gasteiger partial charge on any atom is -0.314 e. The Morgan fingerprint density at radius 3 is 2.77 bits per heavy atom. The maximum Gasteiger partial charge on any atom is 0.0982 e. The number of hydrogen-bond acceptors (Lipinski definition) is 5. The van der Waals surface area contributed by atoms with E-state index in [1.807, 2.05) is 12.4 Å². The second kappa shape index (κ2) is 6.44. The van der Waals surface area contributed by atoms with E-state index in [-0.39, 0.29) is 5.41 Å². The van der Waals surface area contributed by atoms with Crippen LogP contribution < -0.4 is 5.32 Å². The Kier molecular flexibility index (Phi) is 4.57. The lowest BCUT2D eigenvalue weighted by Crippen LogP contribution is -2.45. The van der Waals surface area contributed by atoms with Crippen LogP contribution in [0.3, 0.4) is 0 Å². The number of pyridine rings is 1. The highest BCUT2D eigenvalue weighted by molar-refractivity contribution is 7.09. The van der Waals surface area contributed by atoms with E-state index in [0.29, 0.717) is 6.04 Å². The van der Waals surface area contributed by atoms with Crippen molar-refractivity contribution in [1.29, 1.82) is 0 Å². The summed E-state index contributed by atoms with van der Waals surface area (Å²) in [4.78, 5) is 11.5. The predicted octanol–water partition coefficient (Wildman–Crippen LogP) is 2.98. The molecule has 0 saturated carbocycles. The van der Waals surface area contributed by atoms with Crippen LogP contribution in [0.15, 0.2) is 29.9 Å². The van der Waals surface area contributed by atoms with E-state index in [1.165, 1.54) is 16.3 Å². The topological polar surface area (TPSA) is 41.1 Å². The first-order valence-corrected chi connectivity index (χ1v) is 8.71. The van der Waals surface area contributed by atoms with Crippen molar-refractivity contribution < 1.29 is 0 Å². The first kappa shape index (κ1) is 15.6. The standard InChI is InChI=1S/C17H24N4S/c1-17(2,3)16-20-14(12-22-16)11-21-9-8-19-10-15(21)13-4-6-18-7-5-13/h4-7,12,15,19H,8-11H2,1-3H3. The minimum absolute atomic E-state index is 0.136. The van der Waals surface area contributed by atoms with Crippen molar-refractivity contribution in [3.8, 4) is 0 Å². The van der Waals surface area contributed by atoms with Crippen LogP contribution in [-0.4, -0.2) is 34.5 Å². The van der Waals surface area contributed by atoms with Crippen molar-refractivity contribution in [1.82, 2.24) is 20.2 Å². The van der Waals surface area contributed by atoms with E-state index in [9.17, 15) is 0 Å². The number of nitrogens with zero attached hydrogens (tertiary/aromatic N) is 3. The summed E-state index contributed by atoms with van der Waals surface area (Å²) in [6, 6.07) is 4.63. The second-order valence-electron chi connectivity index (χ2n) is 6.86. The van der Waals surface area contributed by atoms with Crippen LogP contribution in [0, 0.1) is 0 Å². The maximum atomic E-state index is 4.85. The van der Waals surface area contributed by atoms with Crippen molar-refractivity contribution in [2.24, 2.45) is 0 Å². The summed E-state index contributed by atoms with van der Waals surface area (Å²) in [5.41, 5.74) is 2.65. The molecule has 3 rings (SSSR count). The Morgan fingerprint density at radius 2 is 2.09 bits per heavy atom. The van der Waals surface area contributed by atoms with Crippen molar-refractivity contribution >= 4 is 11.3 Å². The van der Waals surface area contributed by atoms with Crippen LogP contribution in [-0.2, 0) is 12.0 Å². The summed E-state index contributed by atoms with van der Waals surface area (Å²) in [5, 5.41) is 6.93. The molecule has 118 valence electrons. The van der Waals surface area contributed by atoms with Gasteiger partial charge in [-0.2, -0.15) is 0 Å². The largest absolute Gasteiger partial charge is 0.314 e. The summed E-state index contributed by atoms with van der Waals surface area (Å²) < 4.78 is 0. The highest BCUT2D eigenvalue weighted by Gasteiger charge is 2.25. The van der Waals surface area contributed by atoms with Crippen LogP contribution in [0.1, 0.15) is 43.1 Å². The summed E-state index contributed by atoms with van der Waals surface area (Å²) >= 11 is 1.78. The number of hydrogen-bond donors (Lipinski definition) is 1. The third-order valence-electron chi connectivity index (χ3n) is 4.00. The monoisotopic (exact) mass is 316 g/mol. The van der Waals surface area contributed by atoms with Crippen LogP contribution >= 0.6 is 11.3 Å². The molecule has 1 saturated heterocycles. The lowest BCUT2D eigenvalue weighted by molar-refractivity contribution is 0.152. The van der Waals surface area contributed by atoms with Gasteiger partial charge in [0.15, 0.2) is 0 Å². The fraction of sp³-hybridized carbons (Fsp3) is 0.529. The zero-order chi connectivity index (χ0) is 15.6. The Labute approximate surface area is 136 Å². The first-order chi connectivity index (χ1) is 10.5. The smallest absolute Gasteiger partial charge is 0.0982 e. The van der Waals surface area contributed by atoms with E-state index >= 15 is 0 Å². The molecular formula is C17H24N4S. The van der Waals surface area contributed by atoms with Gasteiger partial charge in [0.25, 0.3) is 0 Å². The van der Waals surface area contributed by atoms with Gasteiger partial charge >= 0.3 is 0 Å². The number of piperazine rings is 1. The predicted molar refractivity (Wildman–Crippen MR) is 91.1 cm³/mol. The van der Waals surface area contributed by atoms with Gasteiger partial charge in [0.1, 0.15) is 0 Å². The van der Waals surface area contributed by atoms with Gasteiger partial charge in [-0.15, -0.1) is 11.3 Å². The minimum atomic E-state index is 0.136. The van der Waals surface area contributed by atoms with Gasteiger partial charge < -0.3 is 5.32 Å². The maximum absolute atomic E-state index is 4.85. The molecule has 2 aromatic rings. The van der Waals surface area contributed by atoms with Crippen LogP contribution in [0.25, 0.3) is 0 Å². The molecule has 1 aliphatic rings. The molecule has 0 aromatic carbocycles. The van der Waals surface area contributed by atoms with Gasteiger partial charge in [0.2, 0.25) is 0 Å². The third-order valence-corrected chi connectivity index (χ3v) is 5.32. The van der Waals surface area contributed by atoms with Gasteiger partial charge in [-0.3, -0.25) is 9.88 Å². The Hall–Kier alpha value is -1.30. The highest BCUT2D eigenvalue weighted by atomic mass is 32.1. The molecule has 1 unspecified atom stereocenters. The summed E-state index contributed by atoms with van der Waals surface area (Å²) in [7, 11) is 0. The van der Waals surface area contributed by atoms with Crippen molar-refractivity contribution in [3.05, 3.63) is 46.2 Å². The number of rotatable bonds is 3. The SMILES string of the molecule is CC(C)(C)c1nc(CN2CCNCC2c2ccncc2)cs1. The van der Waals surface area contributed by atoms with Gasteiger partial charge in [0.05, 0.1) is 10.7 Å². The van der Waals surface area contributed by atoms with Crippen molar-refractivity contribution in [2.45, 2.75) is 38.8 Å². The molecule has 1 N–H and O–H groups in total. The second-order valence-corrected chi connectivity index (χ2v) is 7.72. The average Bonchev–Trinajstić information content (AvgIpc) is 2.97. The van der Waals surface area contributed by atoms with Crippen LogP contribution in [0.5, 0.6) is 0 Å². The van der Waals surface area contributed by atoms with Crippen molar-refractivity contribution in [3.63, 3.8) is 0 Å². The number of aromatic nitrogens is 2. The normalized spacial score (nSPS) is 20.2. The molecular weight excluding hydrogens is 292 g/mol. The molecule has 0 radical (unpaired) electrons. The number of nitrogens with one attached hydrogen (secondary N) is 1. The molecule has 5 heteroatoms. The third kappa shape index (κ3) is 3.54. The molecule has 1 aliphatic heterocycles. The lowest BCUT2D eigenvalue weighted by atomic mass is 9.98. The Bertz CT molecular complexity index is 603. The highest BCUT2D eigenvalue weighted by Crippen LogP contribution is 2.28. The Balaban J connectivity index is 1.76. The zero-order valence-corrected chi connectivity index (χ0v) is 14.4. The van der Waals surface area contributed by atoms with E-state index in [0.717, 1.165) is 26.2 Å². The zero-order valence-electron chi connectivity index (χ0n) is 13.5. The first-order valence-electron chi connectivity index (χ1n) is 7.83. The molecule has 0 spiro atoms. The summed E-state index contributed by atoms with van der Waals surface area (Å²) in [6.45, 7) is 10.7. The molecule has 1 atom stereocenters. The quantitative estimate of drug-likeness (QED) is 0.945. The van der Waals surface area contributed by atoms with Crippen molar-refractivity contribution in [2.75, 3.05) is 19.6 Å². The Morgan fingerprint density at radius 1 is 1.32 bits per heavy atom. The van der Waals surface area contributed by atoms with E-state index in [2.05, 4.69) is 53.5 Å². The van der Waals surface area contributed by atoms with Gasteiger partial charge in [0, 0.05) is 55.4 Å². The summed E-state index contributed by atoms with van der Waals surface area (Å²) in [6.07, 6.45) is 3.76. The van der Waals surface area contributed by atoms with Crippen LogP contribution in [0.4, 0.5) is 0 Å². The fourth-order valence-electron chi connectivity index (χ4n) is 2.78. The number of thiazole rings is 1. The molecule has 4 nitrogen and oxygen atoms in total. The summed E-state index contributed by atoms with van der Waals surface area (Å²) in [5.74, 6) is 0. The molecule has 0 amide bonds. The van der Waals surface area contributed by atoms with Gasteiger partial charge in [-0.25, -0.2) is 4.98 Å². The van der Waals surface area contributed by atoms with E-state index in [4.69, 9.17) is 4.98 Å². The van der Waals surface area contributed by atoms with Crippen LogP contribution in [0.2, 0.25) is 0 Å². The molecule has 2 aromatic heterocycles. The van der Waals surface area contributed by atoms with E-state index < -0.39 is 0 Å². The van der Waals surface area contributed by atoms with E-state index in [1.54, 1.807) is 11.3 Å².